The predicted octanol–water partition coefficient (Wildman–Crippen LogP) is 3.33. The van der Waals surface area contributed by atoms with Crippen molar-refractivity contribution in [1.82, 2.24) is 9.88 Å². The van der Waals surface area contributed by atoms with Gasteiger partial charge in [-0.3, -0.25) is 14.6 Å². The number of halogens is 1. The van der Waals surface area contributed by atoms with Crippen LogP contribution in [0.2, 0.25) is 5.02 Å². The smallest absolute Gasteiger partial charge is 0.260 e. The molecule has 7 nitrogen and oxygen atoms in total. The number of benzene rings is 2. The van der Waals surface area contributed by atoms with Gasteiger partial charge in [0.15, 0.2) is 15.0 Å². The molecule has 1 fully saturated rings. The number of morpholine rings is 1. The number of thiazole rings is 1. The van der Waals surface area contributed by atoms with E-state index in [1.807, 2.05) is 12.1 Å². The number of nitrogens with zero attached hydrogens (tertiary/aromatic N) is 3. The minimum atomic E-state index is -3.33. The van der Waals surface area contributed by atoms with E-state index in [-0.39, 0.29) is 10.8 Å². The van der Waals surface area contributed by atoms with Crippen molar-refractivity contribution in [3.05, 3.63) is 53.1 Å². The zero-order chi connectivity index (χ0) is 22.0. The number of hydrogen-bond acceptors (Lipinski definition) is 7. The molecule has 0 radical (unpaired) electrons. The number of aromatic nitrogens is 1. The molecule has 1 saturated heterocycles. The number of carbonyl (C=O) groups is 1. The van der Waals surface area contributed by atoms with Crippen LogP contribution in [0.5, 0.6) is 0 Å². The number of ether oxygens (including phenoxy) is 1. The first-order valence-electron chi connectivity index (χ1n) is 9.80. The fourth-order valence-corrected chi connectivity index (χ4v) is 5.29. The van der Waals surface area contributed by atoms with E-state index >= 15 is 0 Å². The van der Waals surface area contributed by atoms with Crippen molar-refractivity contribution in [3.63, 3.8) is 0 Å². The second-order valence-electron chi connectivity index (χ2n) is 7.29. The summed E-state index contributed by atoms with van der Waals surface area (Å²) in [4.78, 5) is 22.1. The average molecular weight is 480 g/mol. The highest BCUT2D eigenvalue weighted by molar-refractivity contribution is 7.90. The third kappa shape index (κ3) is 5.07. The molecule has 0 spiro atoms. The van der Waals surface area contributed by atoms with Crippen LogP contribution in [0.4, 0.5) is 5.13 Å². The number of carbonyl (C=O) groups excluding carboxylic acids is 1. The molecular formula is C21H22ClN3O4S2. The summed E-state index contributed by atoms with van der Waals surface area (Å²) in [5.74, 6) is -0.233. The molecule has 164 valence electrons. The first kappa shape index (κ1) is 22.2. The van der Waals surface area contributed by atoms with Crippen LogP contribution < -0.4 is 4.90 Å². The third-order valence-corrected chi connectivity index (χ3v) is 7.58. The summed E-state index contributed by atoms with van der Waals surface area (Å²) in [5.41, 5.74) is 1.07. The quantitative estimate of drug-likeness (QED) is 0.539. The summed E-state index contributed by atoms with van der Waals surface area (Å²) in [6.07, 6.45) is 1.14. The van der Waals surface area contributed by atoms with E-state index in [0.717, 1.165) is 24.0 Å². The molecule has 4 rings (SSSR count). The largest absolute Gasteiger partial charge is 0.379 e. The lowest BCUT2D eigenvalue weighted by Gasteiger charge is -2.29. The number of amides is 1. The minimum Gasteiger partial charge on any atom is -0.379 e. The highest BCUT2D eigenvalue weighted by Gasteiger charge is 2.23. The van der Waals surface area contributed by atoms with Gasteiger partial charge in [0, 0.05) is 38.0 Å². The molecule has 2 heterocycles. The highest BCUT2D eigenvalue weighted by Crippen LogP contribution is 2.33. The molecule has 1 amide bonds. The standard InChI is InChI=1S/C21H22ClN3O4S2/c1-31(27,28)16-7-5-15(6-8-16)20(26)25(10-9-24-11-13-29-14-12-24)21-23-19-17(22)3-2-4-18(19)30-21/h2-8H,9-14H2,1H3. The first-order chi connectivity index (χ1) is 14.8. The van der Waals surface area contributed by atoms with Crippen LogP contribution in [0.3, 0.4) is 0 Å². The molecule has 1 aliphatic rings. The summed E-state index contributed by atoms with van der Waals surface area (Å²) in [6, 6.07) is 11.6. The Kier molecular flexibility index (Phi) is 6.59. The Morgan fingerprint density at radius 1 is 1.19 bits per heavy atom. The van der Waals surface area contributed by atoms with E-state index in [9.17, 15) is 13.2 Å². The molecule has 10 heteroatoms. The van der Waals surface area contributed by atoms with Crippen LogP contribution in [-0.2, 0) is 14.6 Å². The summed E-state index contributed by atoms with van der Waals surface area (Å²) in [6.45, 7) is 4.12. The number of para-hydroxylation sites is 1. The van der Waals surface area contributed by atoms with Crippen LogP contribution >= 0.6 is 22.9 Å². The zero-order valence-corrected chi connectivity index (χ0v) is 19.3. The molecule has 1 aliphatic heterocycles. The molecule has 0 aliphatic carbocycles. The Morgan fingerprint density at radius 3 is 2.55 bits per heavy atom. The van der Waals surface area contributed by atoms with Gasteiger partial charge in [0.2, 0.25) is 0 Å². The predicted molar refractivity (Wildman–Crippen MR) is 123 cm³/mol. The van der Waals surface area contributed by atoms with Crippen molar-refractivity contribution in [1.29, 1.82) is 0 Å². The van der Waals surface area contributed by atoms with Gasteiger partial charge in [0.25, 0.3) is 5.91 Å². The van der Waals surface area contributed by atoms with Gasteiger partial charge in [-0.25, -0.2) is 13.4 Å². The summed E-state index contributed by atoms with van der Waals surface area (Å²) >= 11 is 7.70. The first-order valence-corrected chi connectivity index (χ1v) is 12.9. The van der Waals surface area contributed by atoms with E-state index in [1.54, 1.807) is 23.1 Å². The Hall–Kier alpha value is -2.04. The number of fused-ring (bicyclic) bond motifs is 1. The molecule has 2 aromatic carbocycles. The molecule has 31 heavy (non-hydrogen) atoms. The minimum absolute atomic E-state index is 0.177. The van der Waals surface area contributed by atoms with E-state index < -0.39 is 9.84 Å². The SMILES string of the molecule is CS(=O)(=O)c1ccc(C(=O)N(CCN2CCOCC2)c2nc3c(Cl)cccc3s2)cc1. The number of sulfone groups is 1. The lowest BCUT2D eigenvalue weighted by molar-refractivity contribution is 0.0391. The van der Waals surface area contributed by atoms with E-state index in [4.69, 9.17) is 16.3 Å². The average Bonchev–Trinajstić information content (AvgIpc) is 3.19. The van der Waals surface area contributed by atoms with Gasteiger partial charge in [0.05, 0.1) is 27.8 Å². The lowest BCUT2D eigenvalue weighted by Crippen LogP contribution is -2.43. The van der Waals surface area contributed by atoms with Crippen LogP contribution in [0, 0.1) is 0 Å². The fraction of sp³-hybridized carbons (Fsp3) is 0.333. The number of anilines is 1. The van der Waals surface area contributed by atoms with Gasteiger partial charge in [-0.2, -0.15) is 0 Å². The van der Waals surface area contributed by atoms with Crippen molar-refractivity contribution in [2.45, 2.75) is 4.90 Å². The van der Waals surface area contributed by atoms with Gasteiger partial charge < -0.3 is 4.74 Å². The van der Waals surface area contributed by atoms with Crippen molar-refractivity contribution >= 4 is 54.0 Å². The summed E-state index contributed by atoms with van der Waals surface area (Å²) in [7, 11) is -3.33. The maximum atomic E-state index is 13.4. The molecular weight excluding hydrogens is 458 g/mol. The van der Waals surface area contributed by atoms with Crippen molar-refractivity contribution < 1.29 is 17.9 Å². The second-order valence-corrected chi connectivity index (χ2v) is 10.7. The monoisotopic (exact) mass is 479 g/mol. The molecule has 0 saturated carbocycles. The molecule has 0 unspecified atom stereocenters. The Balaban J connectivity index is 1.64. The van der Waals surface area contributed by atoms with Gasteiger partial charge in [-0.15, -0.1) is 0 Å². The van der Waals surface area contributed by atoms with Gasteiger partial charge in [-0.05, 0) is 36.4 Å². The molecule has 0 atom stereocenters. The normalized spacial score (nSPS) is 15.3. The molecule has 3 aromatic rings. The van der Waals surface area contributed by atoms with E-state index in [1.165, 1.54) is 23.5 Å². The Labute approximate surface area is 190 Å². The number of rotatable bonds is 6. The van der Waals surface area contributed by atoms with Crippen molar-refractivity contribution in [2.24, 2.45) is 0 Å². The second kappa shape index (κ2) is 9.22. The highest BCUT2D eigenvalue weighted by atomic mass is 35.5. The fourth-order valence-electron chi connectivity index (χ4n) is 3.37. The molecule has 1 aromatic heterocycles. The lowest BCUT2D eigenvalue weighted by atomic mass is 10.2. The molecule has 0 N–H and O–H groups in total. The maximum Gasteiger partial charge on any atom is 0.260 e. The summed E-state index contributed by atoms with van der Waals surface area (Å²) < 4.78 is 29.8. The van der Waals surface area contributed by atoms with Gasteiger partial charge in [-0.1, -0.05) is 29.0 Å². The van der Waals surface area contributed by atoms with Crippen LogP contribution in [0.25, 0.3) is 10.2 Å². The zero-order valence-electron chi connectivity index (χ0n) is 17.0. The van der Waals surface area contributed by atoms with Crippen LogP contribution in [0.15, 0.2) is 47.4 Å². The summed E-state index contributed by atoms with van der Waals surface area (Å²) in [5, 5.41) is 1.10. The van der Waals surface area contributed by atoms with Crippen LogP contribution in [-0.4, -0.2) is 69.9 Å². The Morgan fingerprint density at radius 2 is 1.90 bits per heavy atom. The van der Waals surface area contributed by atoms with Gasteiger partial charge in [0.1, 0.15) is 5.52 Å². The topological polar surface area (TPSA) is 79.8 Å². The van der Waals surface area contributed by atoms with Crippen molar-refractivity contribution in [2.75, 3.05) is 50.5 Å². The Bertz CT molecular complexity index is 1190. The molecule has 0 bridgehead atoms. The van der Waals surface area contributed by atoms with Crippen molar-refractivity contribution in [3.8, 4) is 0 Å². The van der Waals surface area contributed by atoms with Crippen LogP contribution in [0.1, 0.15) is 10.4 Å². The van der Waals surface area contributed by atoms with E-state index in [0.29, 0.717) is 47.5 Å². The number of hydrogen-bond donors (Lipinski definition) is 0. The van der Waals surface area contributed by atoms with E-state index in [2.05, 4.69) is 9.88 Å². The van der Waals surface area contributed by atoms with Gasteiger partial charge >= 0.3 is 0 Å². The third-order valence-electron chi connectivity index (χ3n) is 5.11. The maximum absolute atomic E-state index is 13.4.